The van der Waals surface area contributed by atoms with Gasteiger partial charge in [0.1, 0.15) is 0 Å². The zero-order valence-corrected chi connectivity index (χ0v) is 18.5. The molecule has 9 heteroatoms. The second kappa shape index (κ2) is 8.91. The lowest BCUT2D eigenvalue weighted by Gasteiger charge is -2.12. The molecule has 2 heterocycles. The smallest absolute Gasteiger partial charge is 0.293 e. The Kier molecular flexibility index (Phi) is 6.06. The molecule has 1 fully saturated rings. The number of thioether (sulfide) groups is 1. The summed E-state index contributed by atoms with van der Waals surface area (Å²) < 4.78 is 2.73. The lowest BCUT2D eigenvalue weighted by molar-refractivity contribution is -0.385. The molecule has 1 saturated heterocycles. The quantitative estimate of drug-likeness (QED) is 0.257. The number of imide groups is 1. The number of halogens is 1. The summed E-state index contributed by atoms with van der Waals surface area (Å²) in [7, 11) is 0. The average molecular weight is 498 g/mol. The maximum absolute atomic E-state index is 12.8. The average Bonchev–Trinajstić information content (AvgIpc) is 3.29. The summed E-state index contributed by atoms with van der Waals surface area (Å²) in [5.41, 5.74) is 2.14. The lowest BCUT2D eigenvalue weighted by Crippen LogP contribution is -2.27. The SMILES string of the molecule is O=C1S/C(=C\c2cccn2Cc2ccccc2[N+](=O)[O-])C(=O)N1Cc1ccc(Br)cc1. The van der Waals surface area contributed by atoms with E-state index in [1.54, 1.807) is 42.6 Å². The fourth-order valence-corrected chi connectivity index (χ4v) is 4.34. The van der Waals surface area contributed by atoms with E-state index in [0.717, 1.165) is 21.8 Å². The molecule has 0 N–H and O–H groups in total. The number of nitrogens with zero attached hydrogens (tertiary/aromatic N) is 3. The Morgan fingerprint density at radius 3 is 2.48 bits per heavy atom. The van der Waals surface area contributed by atoms with E-state index in [2.05, 4.69) is 15.9 Å². The minimum absolute atomic E-state index is 0.0389. The Balaban J connectivity index is 1.56. The number of nitro groups is 1. The molecule has 0 saturated carbocycles. The van der Waals surface area contributed by atoms with Crippen molar-refractivity contribution in [1.82, 2.24) is 9.47 Å². The van der Waals surface area contributed by atoms with Crippen molar-refractivity contribution >= 4 is 50.6 Å². The topological polar surface area (TPSA) is 85.5 Å². The summed E-state index contributed by atoms with van der Waals surface area (Å²) in [6.07, 6.45) is 3.44. The molecule has 0 radical (unpaired) electrons. The van der Waals surface area contributed by atoms with Crippen molar-refractivity contribution in [1.29, 1.82) is 0 Å². The minimum Gasteiger partial charge on any atom is -0.343 e. The third kappa shape index (κ3) is 4.62. The summed E-state index contributed by atoms with van der Waals surface area (Å²) in [5.74, 6) is -0.351. The second-order valence-electron chi connectivity index (χ2n) is 6.84. The third-order valence-electron chi connectivity index (χ3n) is 4.80. The Morgan fingerprint density at radius 1 is 1.00 bits per heavy atom. The maximum atomic E-state index is 12.8. The Bertz CT molecular complexity index is 1200. The predicted octanol–water partition coefficient (Wildman–Crippen LogP) is 5.44. The van der Waals surface area contributed by atoms with Gasteiger partial charge in [-0.25, -0.2) is 0 Å². The Morgan fingerprint density at radius 2 is 1.74 bits per heavy atom. The highest BCUT2D eigenvalue weighted by Gasteiger charge is 2.35. The number of hydrogen-bond acceptors (Lipinski definition) is 5. The van der Waals surface area contributed by atoms with Crippen LogP contribution in [-0.2, 0) is 17.9 Å². The second-order valence-corrected chi connectivity index (χ2v) is 8.75. The van der Waals surface area contributed by atoms with Crippen LogP contribution in [0.25, 0.3) is 6.08 Å². The molecule has 31 heavy (non-hydrogen) atoms. The van der Waals surface area contributed by atoms with Crippen LogP contribution in [0.1, 0.15) is 16.8 Å². The number of carbonyl (C=O) groups excluding carboxylic acids is 2. The molecule has 1 aliphatic rings. The molecular weight excluding hydrogens is 482 g/mol. The van der Waals surface area contributed by atoms with Gasteiger partial charge in [-0.2, -0.15) is 0 Å². The molecular formula is C22H16BrN3O4S. The van der Waals surface area contributed by atoms with Crippen molar-refractivity contribution < 1.29 is 14.5 Å². The van der Waals surface area contributed by atoms with Gasteiger partial charge in [-0.1, -0.05) is 46.3 Å². The number of rotatable bonds is 6. The normalized spacial score (nSPS) is 15.1. The fraction of sp³-hybridized carbons (Fsp3) is 0.0909. The van der Waals surface area contributed by atoms with Gasteiger partial charge >= 0.3 is 0 Å². The predicted molar refractivity (Wildman–Crippen MR) is 122 cm³/mol. The number of para-hydroxylation sites is 1. The molecule has 7 nitrogen and oxygen atoms in total. The molecule has 0 aliphatic carbocycles. The monoisotopic (exact) mass is 497 g/mol. The van der Waals surface area contributed by atoms with Crippen LogP contribution in [0.2, 0.25) is 0 Å². The van der Waals surface area contributed by atoms with Crippen molar-refractivity contribution in [3.8, 4) is 0 Å². The van der Waals surface area contributed by atoms with Gasteiger partial charge in [-0.15, -0.1) is 0 Å². The number of amides is 2. The van der Waals surface area contributed by atoms with E-state index in [0.29, 0.717) is 16.2 Å². The van der Waals surface area contributed by atoms with Crippen molar-refractivity contribution in [2.45, 2.75) is 13.1 Å². The maximum Gasteiger partial charge on any atom is 0.293 e. The van der Waals surface area contributed by atoms with Crippen molar-refractivity contribution in [2.75, 3.05) is 0 Å². The van der Waals surface area contributed by atoms with E-state index >= 15 is 0 Å². The molecule has 156 valence electrons. The first kappa shape index (κ1) is 21.1. The number of aromatic nitrogens is 1. The number of benzene rings is 2. The Hall–Kier alpha value is -3.17. The van der Waals surface area contributed by atoms with Crippen LogP contribution in [0.3, 0.4) is 0 Å². The first-order valence-electron chi connectivity index (χ1n) is 9.29. The standard InChI is InChI=1S/C22H16BrN3O4S/c23-17-9-7-15(8-10-17)13-25-21(27)20(31-22(25)28)12-18-5-3-11-24(18)14-16-4-1-2-6-19(16)26(29)30/h1-12H,13-14H2/b20-12-. The van der Waals surface area contributed by atoms with Crippen molar-refractivity contribution in [2.24, 2.45) is 0 Å². The number of hydrogen-bond donors (Lipinski definition) is 0. The van der Waals surface area contributed by atoms with Gasteiger partial charge in [0.2, 0.25) is 0 Å². The summed E-state index contributed by atoms with van der Waals surface area (Å²) in [4.78, 5) is 37.7. The van der Waals surface area contributed by atoms with Crippen LogP contribution in [0, 0.1) is 10.1 Å². The highest BCUT2D eigenvalue weighted by atomic mass is 79.9. The van der Waals surface area contributed by atoms with E-state index in [-0.39, 0.29) is 29.9 Å². The van der Waals surface area contributed by atoms with Gasteiger partial charge in [0.25, 0.3) is 16.8 Å². The van der Waals surface area contributed by atoms with E-state index in [9.17, 15) is 19.7 Å². The Labute approximate surface area is 190 Å². The van der Waals surface area contributed by atoms with Crippen molar-refractivity contribution in [3.63, 3.8) is 0 Å². The van der Waals surface area contributed by atoms with Crippen LogP contribution in [-0.4, -0.2) is 25.5 Å². The molecule has 1 aliphatic heterocycles. The van der Waals surface area contributed by atoms with E-state index < -0.39 is 4.92 Å². The van der Waals surface area contributed by atoms with Crippen molar-refractivity contribution in [3.05, 3.63) is 103 Å². The van der Waals surface area contributed by atoms with E-state index in [4.69, 9.17) is 0 Å². The van der Waals surface area contributed by atoms with Crippen LogP contribution in [0.4, 0.5) is 10.5 Å². The number of carbonyl (C=O) groups is 2. The zero-order chi connectivity index (χ0) is 22.0. The molecule has 0 unspecified atom stereocenters. The number of nitro benzene ring substituents is 1. The summed E-state index contributed by atoms with van der Waals surface area (Å²) in [5, 5.41) is 11.0. The third-order valence-corrected chi connectivity index (χ3v) is 6.24. The van der Waals surface area contributed by atoms with E-state index in [1.807, 2.05) is 28.8 Å². The molecule has 4 rings (SSSR count). The van der Waals surface area contributed by atoms with Crippen LogP contribution < -0.4 is 0 Å². The van der Waals surface area contributed by atoms with E-state index in [1.165, 1.54) is 11.0 Å². The molecule has 0 spiro atoms. The highest BCUT2D eigenvalue weighted by Crippen LogP contribution is 2.33. The lowest BCUT2D eigenvalue weighted by atomic mass is 10.2. The highest BCUT2D eigenvalue weighted by molar-refractivity contribution is 9.10. The van der Waals surface area contributed by atoms with Gasteiger partial charge in [0.15, 0.2) is 0 Å². The van der Waals surface area contributed by atoms with Crippen LogP contribution in [0.15, 0.2) is 76.2 Å². The van der Waals surface area contributed by atoms with Crippen LogP contribution >= 0.6 is 27.7 Å². The van der Waals surface area contributed by atoms with Gasteiger partial charge in [-0.05, 0) is 47.7 Å². The molecule has 2 aromatic carbocycles. The first-order valence-corrected chi connectivity index (χ1v) is 10.9. The minimum atomic E-state index is -0.411. The zero-order valence-electron chi connectivity index (χ0n) is 16.1. The van der Waals surface area contributed by atoms with Gasteiger partial charge in [0.05, 0.1) is 22.9 Å². The molecule has 2 amide bonds. The largest absolute Gasteiger partial charge is 0.343 e. The fourth-order valence-electron chi connectivity index (χ4n) is 3.25. The molecule has 1 aromatic heterocycles. The summed E-state index contributed by atoms with van der Waals surface area (Å²) in [6, 6.07) is 17.6. The van der Waals surface area contributed by atoms with Gasteiger partial charge < -0.3 is 4.57 Å². The first-order chi connectivity index (χ1) is 14.9. The molecule has 0 bridgehead atoms. The summed E-state index contributed by atoms with van der Waals surface area (Å²) >= 11 is 4.26. The molecule has 3 aromatic rings. The van der Waals surface area contributed by atoms with Crippen LogP contribution in [0.5, 0.6) is 0 Å². The van der Waals surface area contributed by atoms with Gasteiger partial charge in [0, 0.05) is 28.0 Å². The molecule has 0 atom stereocenters. The summed E-state index contributed by atoms with van der Waals surface area (Å²) in [6.45, 7) is 0.477. The van der Waals surface area contributed by atoms with Gasteiger partial charge in [-0.3, -0.25) is 24.6 Å².